The minimum atomic E-state index is -3.69. The molecule has 166 valence electrons. The number of piperidine rings is 2. The number of carbonyl (C=O) groups excluding carboxylic acids is 1. The summed E-state index contributed by atoms with van der Waals surface area (Å²) < 4.78 is 27.9. The third-order valence-corrected chi connectivity index (χ3v) is 9.06. The van der Waals surface area contributed by atoms with Crippen molar-refractivity contribution in [3.63, 3.8) is 0 Å². The number of amides is 1. The summed E-state index contributed by atoms with van der Waals surface area (Å²) in [4.78, 5) is 18.0. The predicted octanol–water partition coefficient (Wildman–Crippen LogP) is 3.60. The first-order chi connectivity index (χ1) is 14.4. The van der Waals surface area contributed by atoms with Gasteiger partial charge in [-0.05, 0) is 63.3 Å². The maximum absolute atomic E-state index is 13.5. The molecule has 0 spiro atoms. The molecule has 0 bridgehead atoms. The number of likely N-dealkylation sites (tertiary alicyclic amines) is 1. The summed E-state index contributed by atoms with van der Waals surface area (Å²) in [5.41, 5.74) is 0.430. The van der Waals surface area contributed by atoms with E-state index in [4.69, 9.17) is 11.6 Å². The Bertz CT molecular complexity index is 874. The molecule has 1 saturated carbocycles. The summed E-state index contributed by atoms with van der Waals surface area (Å²) in [5, 5.41) is 0.186. The molecule has 1 aliphatic carbocycles. The van der Waals surface area contributed by atoms with E-state index in [0.29, 0.717) is 18.7 Å². The number of hydrogen-bond donors (Lipinski definition) is 0. The van der Waals surface area contributed by atoms with E-state index in [2.05, 4.69) is 11.8 Å². The van der Waals surface area contributed by atoms with Crippen LogP contribution in [0, 0.1) is 0 Å². The largest absolute Gasteiger partial charge is 0.333 e. The van der Waals surface area contributed by atoms with Gasteiger partial charge in [0.25, 0.3) is 5.91 Å². The summed E-state index contributed by atoms with van der Waals surface area (Å²) in [5.74, 6) is -0.0563. The van der Waals surface area contributed by atoms with Crippen molar-refractivity contribution >= 4 is 27.5 Å². The minimum absolute atomic E-state index is 0.0563. The van der Waals surface area contributed by atoms with Gasteiger partial charge in [0.15, 0.2) is 0 Å². The maximum atomic E-state index is 13.5. The van der Waals surface area contributed by atoms with E-state index < -0.39 is 10.0 Å². The van der Waals surface area contributed by atoms with Gasteiger partial charge < -0.3 is 9.80 Å². The fourth-order valence-electron chi connectivity index (χ4n) is 4.72. The van der Waals surface area contributed by atoms with Crippen LogP contribution in [0.25, 0.3) is 0 Å². The highest BCUT2D eigenvalue weighted by molar-refractivity contribution is 7.89. The third kappa shape index (κ3) is 4.54. The van der Waals surface area contributed by atoms with Crippen molar-refractivity contribution in [1.29, 1.82) is 0 Å². The predicted molar refractivity (Wildman–Crippen MR) is 118 cm³/mol. The number of nitrogens with zero attached hydrogens (tertiary/aromatic N) is 3. The van der Waals surface area contributed by atoms with Gasteiger partial charge in [0.2, 0.25) is 10.0 Å². The molecule has 1 aromatic rings. The zero-order valence-corrected chi connectivity index (χ0v) is 19.3. The van der Waals surface area contributed by atoms with E-state index in [1.807, 2.05) is 4.90 Å². The molecule has 3 aliphatic rings. The summed E-state index contributed by atoms with van der Waals surface area (Å²) in [6.07, 6.45) is 6.79. The molecule has 0 aromatic heterocycles. The highest BCUT2D eigenvalue weighted by atomic mass is 35.5. The summed E-state index contributed by atoms with van der Waals surface area (Å²) in [7, 11) is -3.69. The quantitative estimate of drug-likeness (QED) is 0.660. The molecule has 2 heterocycles. The minimum Gasteiger partial charge on any atom is -0.333 e. The number of halogens is 1. The van der Waals surface area contributed by atoms with E-state index >= 15 is 0 Å². The molecule has 1 aromatic carbocycles. The van der Waals surface area contributed by atoms with Crippen molar-refractivity contribution in [2.75, 3.05) is 32.7 Å². The van der Waals surface area contributed by atoms with E-state index in [1.165, 1.54) is 10.4 Å². The van der Waals surface area contributed by atoms with Crippen molar-refractivity contribution in [3.05, 3.63) is 28.8 Å². The number of benzene rings is 1. The van der Waals surface area contributed by atoms with Gasteiger partial charge in [-0.15, -0.1) is 0 Å². The number of carbonyl (C=O) groups is 1. The number of rotatable bonds is 6. The Morgan fingerprint density at radius 3 is 2.27 bits per heavy atom. The van der Waals surface area contributed by atoms with Gasteiger partial charge in [0.05, 0.1) is 5.02 Å². The first-order valence-electron chi connectivity index (χ1n) is 11.3. The van der Waals surface area contributed by atoms with Crippen LogP contribution in [-0.2, 0) is 10.0 Å². The van der Waals surface area contributed by atoms with Crippen LogP contribution in [-0.4, -0.2) is 73.2 Å². The second-order valence-corrected chi connectivity index (χ2v) is 11.0. The van der Waals surface area contributed by atoms with Crippen LogP contribution in [0.4, 0.5) is 0 Å². The molecule has 0 radical (unpaired) electrons. The van der Waals surface area contributed by atoms with Gasteiger partial charge in [-0.3, -0.25) is 4.79 Å². The van der Waals surface area contributed by atoms with E-state index in [9.17, 15) is 13.2 Å². The first kappa shape index (κ1) is 22.1. The Balaban J connectivity index is 1.58. The second kappa shape index (κ2) is 9.15. The lowest BCUT2D eigenvalue weighted by Crippen LogP contribution is -2.48. The van der Waals surface area contributed by atoms with Gasteiger partial charge in [-0.2, -0.15) is 4.31 Å². The molecule has 4 rings (SSSR count). The smallest absolute Gasteiger partial charge is 0.254 e. The van der Waals surface area contributed by atoms with Gasteiger partial charge in [0.1, 0.15) is 4.90 Å². The van der Waals surface area contributed by atoms with Crippen molar-refractivity contribution in [1.82, 2.24) is 14.1 Å². The molecule has 0 atom stereocenters. The van der Waals surface area contributed by atoms with Crippen LogP contribution in [0.3, 0.4) is 0 Å². The van der Waals surface area contributed by atoms with Gasteiger partial charge in [-0.1, -0.05) is 24.9 Å². The molecule has 6 nitrogen and oxygen atoms in total. The Hall–Kier alpha value is -1.15. The Labute approximate surface area is 185 Å². The van der Waals surface area contributed by atoms with Crippen LogP contribution >= 0.6 is 11.6 Å². The lowest BCUT2D eigenvalue weighted by atomic mass is 10.0. The molecule has 30 heavy (non-hydrogen) atoms. The van der Waals surface area contributed by atoms with Gasteiger partial charge >= 0.3 is 0 Å². The standard InChI is InChI=1S/C22H32ClN3O3S/c1-2-24-14-10-19(11-15-24)26(18-7-8-18)22(27)17-6-9-20(23)21(16-17)30(28,29)25-12-4-3-5-13-25/h6,9,16,18-19H,2-5,7-8,10-15H2,1H3. The Morgan fingerprint density at radius 1 is 1.03 bits per heavy atom. The van der Waals surface area contributed by atoms with Gasteiger partial charge in [0, 0.05) is 43.8 Å². The SMILES string of the molecule is CCN1CCC(N(C(=O)c2ccc(Cl)c(S(=O)(=O)N3CCCCC3)c2)C2CC2)CC1. The fraction of sp³-hybridized carbons (Fsp3) is 0.682. The first-order valence-corrected chi connectivity index (χ1v) is 13.1. The topological polar surface area (TPSA) is 60.9 Å². The molecular weight excluding hydrogens is 422 g/mol. The third-order valence-electron chi connectivity index (χ3n) is 6.68. The normalized spacial score (nSPS) is 22.2. The van der Waals surface area contributed by atoms with Crippen molar-refractivity contribution in [3.8, 4) is 0 Å². The summed E-state index contributed by atoms with van der Waals surface area (Å²) in [6, 6.07) is 5.26. The van der Waals surface area contributed by atoms with Crippen LogP contribution in [0.1, 0.15) is 62.2 Å². The molecule has 0 N–H and O–H groups in total. The van der Waals surface area contributed by atoms with E-state index in [0.717, 1.165) is 64.6 Å². The van der Waals surface area contributed by atoms with Crippen LogP contribution < -0.4 is 0 Å². The van der Waals surface area contributed by atoms with Crippen molar-refractivity contribution in [2.24, 2.45) is 0 Å². The van der Waals surface area contributed by atoms with Crippen molar-refractivity contribution < 1.29 is 13.2 Å². The molecule has 1 amide bonds. The van der Waals surface area contributed by atoms with Crippen LogP contribution in [0.5, 0.6) is 0 Å². The van der Waals surface area contributed by atoms with Gasteiger partial charge in [-0.25, -0.2) is 8.42 Å². The fourth-order valence-corrected chi connectivity index (χ4v) is 6.74. The maximum Gasteiger partial charge on any atom is 0.254 e. The Kier molecular flexibility index (Phi) is 6.73. The average Bonchev–Trinajstić information content (AvgIpc) is 3.60. The lowest BCUT2D eigenvalue weighted by Gasteiger charge is -2.38. The highest BCUT2D eigenvalue weighted by Crippen LogP contribution is 2.34. The zero-order chi connectivity index (χ0) is 21.3. The molecule has 0 unspecified atom stereocenters. The lowest BCUT2D eigenvalue weighted by molar-refractivity contribution is 0.0554. The molecular formula is C22H32ClN3O3S. The molecule has 2 saturated heterocycles. The van der Waals surface area contributed by atoms with E-state index in [1.54, 1.807) is 12.1 Å². The molecule has 3 fully saturated rings. The molecule has 2 aliphatic heterocycles. The van der Waals surface area contributed by atoms with Crippen molar-refractivity contribution in [2.45, 2.75) is 68.8 Å². The average molecular weight is 454 g/mol. The Morgan fingerprint density at radius 2 is 1.67 bits per heavy atom. The molecule has 8 heteroatoms. The van der Waals surface area contributed by atoms with Crippen LogP contribution in [0.15, 0.2) is 23.1 Å². The second-order valence-electron chi connectivity index (χ2n) is 8.72. The highest BCUT2D eigenvalue weighted by Gasteiger charge is 2.39. The van der Waals surface area contributed by atoms with E-state index in [-0.39, 0.29) is 27.9 Å². The summed E-state index contributed by atoms with van der Waals surface area (Å²) in [6.45, 7) is 6.25. The van der Waals surface area contributed by atoms with Crippen LogP contribution in [0.2, 0.25) is 5.02 Å². The number of hydrogen-bond acceptors (Lipinski definition) is 4. The number of sulfonamides is 1. The summed E-state index contributed by atoms with van der Waals surface area (Å²) >= 11 is 6.30. The zero-order valence-electron chi connectivity index (χ0n) is 17.7. The monoisotopic (exact) mass is 453 g/mol.